The molecule has 2 aromatic rings. The molecule has 0 bridgehead atoms. The highest BCUT2D eigenvalue weighted by Crippen LogP contribution is 2.22. The Morgan fingerprint density at radius 2 is 1.77 bits per heavy atom. The second-order valence-electron chi connectivity index (χ2n) is 4.60. The van der Waals surface area contributed by atoms with Crippen LogP contribution in [0, 0.1) is 0 Å². The number of carboxylic acid groups (broad SMARTS) is 1. The van der Waals surface area contributed by atoms with E-state index in [1.165, 1.54) is 24.3 Å². The van der Waals surface area contributed by atoms with Gasteiger partial charge in [-0.15, -0.1) is 0 Å². The SMILES string of the molecule is NC1=CC(=O)c2ccc(-c3cccc(C(=O)O)n3)nc2C1=O. The van der Waals surface area contributed by atoms with Crippen molar-refractivity contribution in [1.82, 2.24) is 9.97 Å². The van der Waals surface area contributed by atoms with Gasteiger partial charge < -0.3 is 10.8 Å². The van der Waals surface area contributed by atoms with Crippen LogP contribution in [-0.4, -0.2) is 32.6 Å². The zero-order chi connectivity index (χ0) is 15.9. The molecule has 2 heterocycles. The molecule has 0 fully saturated rings. The molecule has 0 aromatic carbocycles. The number of hydrogen-bond donors (Lipinski definition) is 2. The van der Waals surface area contributed by atoms with Crippen LogP contribution in [0.1, 0.15) is 31.3 Å². The number of fused-ring (bicyclic) bond motifs is 1. The maximum Gasteiger partial charge on any atom is 0.354 e. The van der Waals surface area contributed by atoms with Gasteiger partial charge in [-0.1, -0.05) is 6.07 Å². The Labute approximate surface area is 124 Å². The summed E-state index contributed by atoms with van der Waals surface area (Å²) in [6, 6.07) is 7.40. The summed E-state index contributed by atoms with van der Waals surface area (Å²) >= 11 is 0. The number of aromatic nitrogens is 2. The monoisotopic (exact) mass is 295 g/mol. The predicted octanol–water partition coefficient (Wildman–Crippen LogP) is 1.06. The van der Waals surface area contributed by atoms with E-state index in [2.05, 4.69) is 9.97 Å². The Morgan fingerprint density at radius 3 is 2.50 bits per heavy atom. The number of allylic oxidation sites excluding steroid dienone is 2. The van der Waals surface area contributed by atoms with Crippen LogP contribution in [0.4, 0.5) is 0 Å². The van der Waals surface area contributed by atoms with E-state index in [0.717, 1.165) is 6.08 Å². The normalized spacial score (nSPS) is 13.5. The average molecular weight is 295 g/mol. The van der Waals surface area contributed by atoms with Crippen molar-refractivity contribution in [2.24, 2.45) is 5.73 Å². The van der Waals surface area contributed by atoms with Gasteiger partial charge in [0.2, 0.25) is 5.78 Å². The molecular weight excluding hydrogens is 286 g/mol. The molecule has 7 heteroatoms. The lowest BCUT2D eigenvalue weighted by molar-refractivity contribution is 0.0690. The molecule has 0 unspecified atom stereocenters. The molecule has 0 saturated heterocycles. The highest BCUT2D eigenvalue weighted by molar-refractivity contribution is 6.23. The Bertz CT molecular complexity index is 871. The number of aromatic carboxylic acids is 1. The summed E-state index contributed by atoms with van der Waals surface area (Å²) < 4.78 is 0. The Balaban J connectivity index is 2.13. The van der Waals surface area contributed by atoms with E-state index in [4.69, 9.17) is 10.8 Å². The van der Waals surface area contributed by atoms with Gasteiger partial charge in [-0.3, -0.25) is 9.59 Å². The van der Waals surface area contributed by atoms with Gasteiger partial charge in [0, 0.05) is 6.08 Å². The zero-order valence-corrected chi connectivity index (χ0v) is 11.1. The number of carbonyl (C=O) groups excluding carboxylic acids is 2. The van der Waals surface area contributed by atoms with E-state index in [9.17, 15) is 14.4 Å². The smallest absolute Gasteiger partial charge is 0.354 e. The molecule has 0 saturated carbocycles. The van der Waals surface area contributed by atoms with Crippen LogP contribution < -0.4 is 5.73 Å². The van der Waals surface area contributed by atoms with E-state index in [0.29, 0.717) is 0 Å². The number of nitrogens with zero attached hydrogens (tertiary/aromatic N) is 2. The predicted molar refractivity (Wildman–Crippen MR) is 75.4 cm³/mol. The molecule has 3 N–H and O–H groups in total. The Morgan fingerprint density at radius 1 is 1.05 bits per heavy atom. The van der Waals surface area contributed by atoms with Gasteiger partial charge in [-0.05, 0) is 24.3 Å². The summed E-state index contributed by atoms with van der Waals surface area (Å²) in [5.74, 6) is -2.09. The maximum absolute atomic E-state index is 12.0. The lowest BCUT2D eigenvalue weighted by atomic mass is 9.97. The van der Waals surface area contributed by atoms with Crippen molar-refractivity contribution < 1.29 is 19.5 Å². The first kappa shape index (κ1) is 13.6. The fourth-order valence-electron chi connectivity index (χ4n) is 2.09. The van der Waals surface area contributed by atoms with Gasteiger partial charge >= 0.3 is 5.97 Å². The number of pyridine rings is 2. The minimum absolute atomic E-state index is 0.0509. The zero-order valence-electron chi connectivity index (χ0n) is 11.1. The summed E-state index contributed by atoms with van der Waals surface area (Å²) in [6.07, 6.45) is 1.06. The van der Waals surface area contributed by atoms with Gasteiger partial charge in [-0.25, -0.2) is 14.8 Å². The van der Waals surface area contributed by atoms with Crippen LogP contribution in [0.2, 0.25) is 0 Å². The summed E-state index contributed by atoms with van der Waals surface area (Å²) in [5.41, 5.74) is 5.87. The fourth-order valence-corrected chi connectivity index (χ4v) is 2.09. The van der Waals surface area contributed by atoms with Crippen LogP contribution in [0.25, 0.3) is 11.4 Å². The topological polar surface area (TPSA) is 123 Å². The lowest BCUT2D eigenvalue weighted by Crippen LogP contribution is -2.23. The molecule has 1 aliphatic carbocycles. The average Bonchev–Trinajstić information content (AvgIpc) is 2.52. The first-order valence-electron chi connectivity index (χ1n) is 6.25. The second kappa shape index (κ2) is 4.88. The second-order valence-corrected chi connectivity index (χ2v) is 4.60. The number of carbonyl (C=O) groups is 3. The third kappa shape index (κ3) is 2.14. The van der Waals surface area contributed by atoms with Crippen molar-refractivity contribution in [3.63, 3.8) is 0 Å². The number of rotatable bonds is 2. The van der Waals surface area contributed by atoms with Gasteiger partial charge in [-0.2, -0.15) is 0 Å². The Hall–Kier alpha value is -3.35. The first-order chi connectivity index (χ1) is 10.5. The van der Waals surface area contributed by atoms with E-state index in [-0.39, 0.29) is 34.0 Å². The van der Waals surface area contributed by atoms with Gasteiger partial charge in [0.15, 0.2) is 5.78 Å². The molecule has 0 aliphatic heterocycles. The van der Waals surface area contributed by atoms with E-state index >= 15 is 0 Å². The number of carboxylic acids is 1. The fraction of sp³-hybridized carbons (Fsp3) is 0. The molecule has 0 amide bonds. The number of nitrogens with two attached hydrogens (primary N) is 1. The molecule has 7 nitrogen and oxygen atoms in total. The Kier molecular flexibility index (Phi) is 3.03. The standard InChI is InChI=1S/C15H9N3O4/c16-8-6-12(19)7-4-5-10(18-13(7)14(8)20)9-2-1-3-11(17-9)15(21)22/h1-6H,16H2,(H,21,22). The summed E-state index contributed by atoms with van der Waals surface area (Å²) in [6.45, 7) is 0. The van der Waals surface area contributed by atoms with Crippen molar-refractivity contribution in [2.75, 3.05) is 0 Å². The van der Waals surface area contributed by atoms with E-state index < -0.39 is 17.5 Å². The molecule has 3 rings (SSSR count). The molecule has 0 radical (unpaired) electrons. The molecule has 0 atom stereocenters. The van der Waals surface area contributed by atoms with Crippen LogP contribution in [-0.2, 0) is 0 Å². The van der Waals surface area contributed by atoms with Crippen molar-refractivity contribution >= 4 is 17.5 Å². The molecular formula is C15H9N3O4. The summed E-state index contributed by atoms with van der Waals surface area (Å²) in [4.78, 5) is 42.8. The number of Topliss-reactive ketones (excluding diaryl/α,β-unsaturated/α-hetero) is 1. The van der Waals surface area contributed by atoms with Crippen molar-refractivity contribution in [1.29, 1.82) is 0 Å². The third-order valence-electron chi connectivity index (χ3n) is 3.16. The minimum Gasteiger partial charge on any atom is -0.477 e. The van der Waals surface area contributed by atoms with Crippen molar-refractivity contribution in [3.05, 3.63) is 59.1 Å². The minimum atomic E-state index is -1.17. The molecule has 22 heavy (non-hydrogen) atoms. The van der Waals surface area contributed by atoms with Gasteiger partial charge in [0.05, 0.1) is 22.6 Å². The van der Waals surface area contributed by atoms with Crippen LogP contribution in [0.15, 0.2) is 42.1 Å². The van der Waals surface area contributed by atoms with Gasteiger partial charge in [0.1, 0.15) is 11.4 Å². The summed E-state index contributed by atoms with van der Waals surface area (Å²) in [7, 11) is 0. The highest BCUT2D eigenvalue weighted by Gasteiger charge is 2.26. The first-order valence-corrected chi connectivity index (χ1v) is 6.25. The summed E-state index contributed by atoms with van der Waals surface area (Å²) in [5, 5.41) is 8.95. The van der Waals surface area contributed by atoms with Crippen LogP contribution in [0.3, 0.4) is 0 Å². The number of hydrogen-bond acceptors (Lipinski definition) is 6. The van der Waals surface area contributed by atoms with E-state index in [1.54, 1.807) is 6.07 Å². The highest BCUT2D eigenvalue weighted by atomic mass is 16.4. The van der Waals surface area contributed by atoms with Crippen LogP contribution in [0.5, 0.6) is 0 Å². The third-order valence-corrected chi connectivity index (χ3v) is 3.16. The molecule has 108 valence electrons. The van der Waals surface area contributed by atoms with Crippen molar-refractivity contribution in [3.8, 4) is 11.4 Å². The lowest BCUT2D eigenvalue weighted by Gasteiger charge is -2.12. The maximum atomic E-state index is 12.0. The van der Waals surface area contributed by atoms with Gasteiger partial charge in [0.25, 0.3) is 0 Å². The molecule has 1 aliphatic rings. The molecule has 2 aromatic heterocycles. The quantitative estimate of drug-likeness (QED) is 0.849. The number of ketones is 2. The van der Waals surface area contributed by atoms with E-state index in [1.807, 2.05) is 0 Å². The van der Waals surface area contributed by atoms with Crippen LogP contribution >= 0.6 is 0 Å². The van der Waals surface area contributed by atoms with Crippen molar-refractivity contribution in [2.45, 2.75) is 0 Å². The molecule has 0 spiro atoms. The largest absolute Gasteiger partial charge is 0.477 e.